The van der Waals surface area contributed by atoms with Crippen molar-refractivity contribution < 1.29 is 22.7 Å². The van der Waals surface area contributed by atoms with Crippen LogP contribution in [0.25, 0.3) is 0 Å². The molecule has 0 saturated carbocycles. The van der Waals surface area contributed by atoms with E-state index in [0.717, 1.165) is 11.1 Å². The molecule has 2 amide bonds. The maximum Gasteiger partial charge on any atom is 0.411 e. The van der Waals surface area contributed by atoms with Gasteiger partial charge in [0.25, 0.3) is 0 Å². The molecule has 8 nitrogen and oxygen atoms in total. The number of carbonyl (C=O) groups is 2. The first-order chi connectivity index (χ1) is 14.7. The Morgan fingerprint density at radius 3 is 2.32 bits per heavy atom. The van der Waals surface area contributed by atoms with Crippen LogP contribution in [0, 0.1) is 19.8 Å². The number of nitrogens with one attached hydrogen (secondary N) is 2. The molecule has 166 valence electrons. The monoisotopic (exact) mass is 445 g/mol. The fraction of sp³-hybridized carbons (Fsp3) is 0.364. The first-order valence-corrected chi connectivity index (χ1v) is 11.5. The minimum atomic E-state index is -3.76. The summed E-state index contributed by atoms with van der Waals surface area (Å²) >= 11 is 0. The molecule has 2 aromatic carbocycles. The summed E-state index contributed by atoms with van der Waals surface area (Å²) in [4.78, 5) is 24.2. The Morgan fingerprint density at radius 1 is 1.00 bits per heavy atom. The van der Waals surface area contributed by atoms with E-state index in [2.05, 4.69) is 15.4 Å². The highest BCUT2D eigenvalue weighted by Gasteiger charge is 2.33. The van der Waals surface area contributed by atoms with Gasteiger partial charge in [-0.1, -0.05) is 6.07 Å². The van der Waals surface area contributed by atoms with Crippen LogP contribution in [0.1, 0.15) is 24.0 Å². The van der Waals surface area contributed by atoms with Crippen molar-refractivity contribution in [1.82, 2.24) is 4.31 Å². The van der Waals surface area contributed by atoms with Crippen LogP contribution in [-0.4, -0.2) is 44.9 Å². The topological polar surface area (TPSA) is 105 Å². The number of nitrogens with zero attached hydrogens (tertiary/aromatic N) is 1. The lowest BCUT2D eigenvalue weighted by molar-refractivity contribution is -0.120. The van der Waals surface area contributed by atoms with Crippen molar-refractivity contribution in [3.63, 3.8) is 0 Å². The molecule has 3 rings (SSSR count). The van der Waals surface area contributed by atoms with Crippen LogP contribution in [0.5, 0.6) is 0 Å². The van der Waals surface area contributed by atoms with Gasteiger partial charge in [0.05, 0.1) is 17.9 Å². The van der Waals surface area contributed by atoms with Gasteiger partial charge in [0.1, 0.15) is 0 Å². The Kier molecular flexibility index (Phi) is 6.97. The van der Waals surface area contributed by atoms with Gasteiger partial charge >= 0.3 is 6.09 Å². The highest BCUT2D eigenvalue weighted by molar-refractivity contribution is 7.89. The molecule has 0 aliphatic carbocycles. The molecule has 1 saturated heterocycles. The van der Waals surface area contributed by atoms with Crippen LogP contribution in [0.15, 0.2) is 47.4 Å². The lowest BCUT2D eigenvalue weighted by Gasteiger charge is -2.31. The third kappa shape index (κ3) is 5.42. The second kappa shape index (κ2) is 9.49. The highest BCUT2D eigenvalue weighted by atomic mass is 32.2. The van der Waals surface area contributed by atoms with Crippen LogP contribution in [0.4, 0.5) is 16.2 Å². The van der Waals surface area contributed by atoms with Crippen LogP contribution in [-0.2, 0) is 19.6 Å². The van der Waals surface area contributed by atoms with Gasteiger partial charge in [0.2, 0.25) is 15.9 Å². The molecule has 2 aromatic rings. The molecular formula is C22H27N3O5S. The molecule has 0 spiro atoms. The van der Waals surface area contributed by atoms with Gasteiger partial charge < -0.3 is 10.1 Å². The van der Waals surface area contributed by atoms with E-state index in [9.17, 15) is 18.0 Å². The minimum Gasteiger partial charge on any atom is -0.453 e. The molecule has 31 heavy (non-hydrogen) atoms. The fourth-order valence-corrected chi connectivity index (χ4v) is 4.99. The van der Waals surface area contributed by atoms with Gasteiger partial charge in [-0.3, -0.25) is 10.1 Å². The van der Waals surface area contributed by atoms with Crippen molar-refractivity contribution in [2.45, 2.75) is 31.6 Å². The van der Waals surface area contributed by atoms with E-state index in [4.69, 9.17) is 0 Å². The van der Waals surface area contributed by atoms with Crippen molar-refractivity contribution in [3.05, 3.63) is 53.6 Å². The average molecular weight is 446 g/mol. The largest absolute Gasteiger partial charge is 0.453 e. The molecule has 1 unspecified atom stereocenters. The van der Waals surface area contributed by atoms with Crippen LogP contribution >= 0.6 is 0 Å². The average Bonchev–Trinajstić information content (AvgIpc) is 2.76. The number of carbonyl (C=O) groups excluding carboxylic acids is 2. The van der Waals surface area contributed by atoms with Crippen molar-refractivity contribution in [2.24, 2.45) is 5.92 Å². The van der Waals surface area contributed by atoms with E-state index < -0.39 is 22.0 Å². The summed E-state index contributed by atoms with van der Waals surface area (Å²) in [6, 6.07) is 11.6. The van der Waals surface area contributed by atoms with Gasteiger partial charge in [0.15, 0.2) is 0 Å². The summed E-state index contributed by atoms with van der Waals surface area (Å²) in [5.41, 5.74) is 3.35. The molecule has 1 aliphatic heterocycles. The predicted molar refractivity (Wildman–Crippen MR) is 118 cm³/mol. The van der Waals surface area contributed by atoms with E-state index in [1.807, 2.05) is 32.0 Å². The predicted octanol–water partition coefficient (Wildman–Crippen LogP) is 3.52. The number of hydrogen-bond donors (Lipinski definition) is 2. The second-order valence-electron chi connectivity index (χ2n) is 7.63. The number of hydrogen-bond acceptors (Lipinski definition) is 5. The van der Waals surface area contributed by atoms with E-state index in [1.54, 1.807) is 0 Å². The molecule has 1 atom stereocenters. The molecule has 0 bridgehead atoms. The summed E-state index contributed by atoms with van der Waals surface area (Å²) in [7, 11) is -2.51. The first-order valence-electron chi connectivity index (χ1n) is 10.0. The van der Waals surface area contributed by atoms with E-state index in [-0.39, 0.29) is 17.3 Å². The van der Waals surface area contributed by atoms with Gasteiger partial charge in [-0.2, -0.15) is 4.31 Å². The van der Waals surface area contributed by atoms with E-state index >= 15 is 0 Å². The van der Waals surface area contributed by atoms with Crippen LogP contribution < -0.4 is 10.6 Å². The number of methoxy groups -OCH3 is 1. The van der Waals surface area contributed by atoms with Crippen molar-refractivity contribution in [2.75, 3.05) is 30.8 Å². The summed E-state index contributed by atoms with van der Waals surface area (Å²) in [6.07, 6.45) is 0.598. The number of ether oxygens (including phenoxy) is 1. The van der Waals surface area contributed by atoms with Crippen LogP contribution in [0.2, 0.25) is 0 Å². The summed E-state index contributed by atoms with van der Waals surface area (Å²) < 4.78 is 32.0. The number of aryl methyl sites for hydroxylation is 2. The highest BCUT2D eigenvalue weighted by Crippen LogP contribution is 2.26. The molecule has 2 N–H and O–H groups in total. The number of anilines is 2. The van der Waals surface area contributed by atoms with Crippen molar-refractivity contribution >= 4 is 33.4 Å². The van der Waals surface area contributed by atoms with Crippen molar-refractivity contribution in [1.29, 1.82) is 0 Å². The Bertz CT molecular complexity index is 1070. The maximum absolute atomic E-state index is 13.1. The van der Waals surface area contributed by atoms with E-state index in [1.165, 1.54) is 35.7 Å². The molecule has 1 aliphatic rings. The van der Waals surface area contributed by atoms with Gasteiger partial charge in [-0.25, -0.2) is 13.2 Å². The number of amides is 2. The lowest BCUT2D eigenvalue weighted by Crippen LogP contribution is -2.43. The number of piperidine rings is 1. The maximum atomic E-state index is 13.1. The molecule has 1 fully saturated rings. The van der Waals surface area contributed by atoms with Gasteiger partial charge in [0, 0.05) is 24.5 Å². The van der Waals surface area contributed by atoms with Crippen LogP contribution in [0.3, 0.4) is 0 Å². The molecule has 1 heterocycles. The molecule has 0 radical (unpaired) electrons. The summed E-state index contributed by atoms with van der Waals surface area (Å²) in [5, 5.41) is 5.39. The zero-order valence-electron chi connectivity index (χ0n) is 17.8. The fourth-order valence-electron chi connectivity index (χ4n) is 3.47. The third-order valence-corrected chi connectivity index (χ3v) is 7.33. The van der Waals surface area contributed by atoms with Gasteiger partial charge in [-0.05, 0) is 74.2 Å². The molecule has 9 heteroatoms. The third-order valence-electron chi connectivity index (χ3n) is 5.45. The van der Waals surface area contributed by atoms with Gasteiger partial charge in [-0.15, -0.1) is 0 Å². The first kappa shape index (κ1) is 22.8. The SMILES string of the molecule is COC(=O)Nc1ccc(S(=O)(=O)N2CCCC(C(=O)Nc3ccc(C)c(C)c3)C2)cc1. The summed E-state index contributed by atoms with van der Waals surface area (Å²) in [5.74, 6) is -0.605. The normalized spacial score (nSPS) is 17.1. The number of sulfonamides is 1. The summed E-state index contributed by atoms with van der Waals surface area (Å²) in [6.45, 7) is 4.47. The zero-order valence-corrected chi connectivity index (χ0v) is 18.7. The lowest BCUT2D eigenvalue weighted by atomic mass is 9.98. The van der Waals surface area contributed by atoms with Crippen molar-refractivity contribution in [3.8, 4) is 0 Å². The molecule has 0 aromatic heterocycles. The Hall–Kier alpha value is -2.91. The quantitative estimate of drug-likeness (QED) is 0.733. The number of rotatable bonds is 5. The number of benzene rings is 2. The smallest absolute Gasteiger partial charge is 0.411 e. The van der Waals surface area contributed by atoms with E-state index in [0.29, 0.717) is 30.8 Å². The Balaban J connectivity index is 1.69. The standard InChI is InChI=1S/C22H27N3O5S/c1-15-6-7-19(13-16(15)2)23-21(26)17-5-4-12-25(14-17)31(28,29)20-10-8-18(9-11-20)24-22(27)30-3/h6-11,13,17H,4-5,12,14H2,1-3H3,(H,23,26)(H,24,27). The minimum absolute atomic E-state index is 0.109. The Labute approximate surface area is 182 Å². The molecular weight excluding hydrogens is 418 g/mol. The Morgan fingerprint density at radius 2 is 1.68 bits per heavy atom. The zero-order chi connectivity index (χ0) is 22.6. The second-order valence-corrected chi connectivity index (χ2v) is 9.57.